The summed E-state index contributed by atoms with van der Waals surface area (Å²) in [5, 5.41) is 5.02. The van der Waals surface area contributed by atoms with E-state index in [0.717, 1.165) is 30.6 Å². The smallest absolute Gasteiger partial charge is 0.317 e. The maximum Gasteiger partial charge on any atom is 0.317 e. The van der Waals surface area contributed by atoms with E-state index in [-0.39, 0.29) is 24.5 Å². The molecule has 174 valence electrons. The monoisotopic (exact) mass is 457 g/mol. The number of urea groups is 1. The van der Waals surface area contributed by atoms with Crippen LogP contribution in [0.5, 0.6) is 5.75 Å². The van der Waals surface area contributed by atoms with Crippen LogP contribution in [0.15, 0.2) is 41.8 Å². The van der Waals surface area contributed by atoms with Crippen molar-refractivity contribution in [3.63, 3.8) is 0 Å². The largest absolute Gasteiger partial charge is 0.491 e. The van der Waals surface area contributed by atoms with E-state index in [1.165, 1.54) is 4.88 Å². The molecule has 0 aliphatic carbocycles. The molecule has 2 atom stereocenters. The van der Waals surface area contributed by atoms with Crippen LogP contribution < -0.4 is 10.1 Å². The predicted molar refractivity (Wildman–Crippen MR) is 129 cm³/mol. The van der Waals surface area contributed by atoms with Gasteiger partial charge in [-0.2, -0.15) is 0 Å². The van der Waals surface area contributed by atoms with Gasteiger partial charge in [-0.25, -0.2) is 4.79 Å². The van der Waals surface area contributed by atoms with Crippen LogP contribution in [0, 0.1) is 5.92 Å². The quantitative estimate of drug-likeness (QED) is 0.562. The van der Waals surface area contributed by atoms with E-state index >= 15 is 0 Å². The van der Waals surface area contributed by atoms with Gasteiger partial charge in [-0.3, -0.25) is 4.79 Å². The SMILES string of the molecule is CCCNC(=O)N(CC(=O)N1CCc2sccc2C1COc1ccccc1)CC(C)CC. The number of benzene rings is 1. The van der Waals surface area contributed by atoms with Crippen LogP contribution in [0.25, 0.3) is 0 Å². The van der Waals surface area contributed by atoms with Gasteiger partial charge >= 0.3 is 6.03 Å². The Bertz CT molecular complexity index is 870. The highest BCUT2D eigenvalue weighted by molar-refractivity contribution is 7.10. The van der Waals surface area contributed by atoms with E-state index in [4.69, 9.17) is 4.74 Å². The molecule has 0 radical (unpaired) electrons. The summed E-state index contributed by atoms with van der Waals surface area (Å²) in [6.07, 6.45) is 2.66. The standard InChI is InChI=1S/C25H35N3O3S/c1-4-13-26-25(30)27(16-19(3)5-2)17-24(29)28-14-11-23-21(12-15-32-23)22(28)18-31-20-9-7-6-8-10-20/h6-10,12,15,19,22H,4-5,11,13-14,16-18H2,1-3H3,(H,26,30). The molecule has 3 amide bonds. The lowest BCUT2D eigenvalue weighted by molar-refractivity contribution is -0.135. The Kier molecular flexibility index (Phi) is 8.97. The zero-order valence-corrected chi connectivity index (χ0v) is 20.2. The van der Waals surface area contributed by atoms with E-state index in [1.54, 1.807) is 16.2 Å². The summed E-state index contributed by atoms with van der Waals surface area (Å²) in [5.41, 5.74) is 1.16. The van der Waals surface area contributed by atoms with Gasteiger partial charge in [-0.05, 0) is 47.9 Å². The van der Waals surface area contributed by atoms with Crippen LogP contribution in [0.2, 0.25) is 0 Å². The zero-order chi connectivity index (χ0) is 22.9. The van der Waals surface area contributed by atoms with Gasteiger partial charge in [0.15, 0.2) is 0 Å². The minimum absolute atomic E-state index is 0.0292. The second-order valence-electron chi connectivity index (χ2n) is 8.40. The van der Waals surface area contributed by atoms with Crippen molar-refractivity contribution in [3.8, 4) is 5.75 Å². The summed E-state index contributed by atoms with van der Waals surface area (Å²) in [4.78, 5) is 31.1. The molecule has 32 heavy (non-hydrogen) atoms. The molecule has 6 nitrogen and oxygen atoms in total. The summed E-state index contributed by atoms with van der Waals surface area (Å²) in [6, 6.07) is 11.5. The first-order valence-corrected chi connectivity index (χ1v) is 12.5. The summed E-state index contributed by atoms with van der Waals surface area (Å²) in [7, 11) is 0. The molecule has 3 rings (SSSR count). The van der Waals surface area contributed by atoms with Crippen molar-refractivity contribution in [3.05, 3.63) is 52.2 Å². The van der Waals surface area contributed by atoms with E-state index in [0.29, 0.717) is 32.2 Å². The molecular weight excluding hydrogens is 422 g/mol. The Labute approximate surface area is 195 Å². The number of amides is 3. The van der Waals surface area contributed by atoms with E-state index < -0.39 is 0 Å². The van der Waals surface area contributed by atoms with Gasteiger partial charge in [0.2, 0.25) is 5.91 Å². The first-order valence-electron chi connectivity index (χ1n) is 11.6. The van der Waals surface area contributed by atoms with Crippen LogP contribution in [0.4, 0.5) is 4.79 Å². The van der Waals surface area contributed by atoms with Crippen LogP contribution >= 0.6 is 11.3 Å². The Hall–Kier alpha value is -2.54. The molecule has 0 spiro atoms. The Morgan fingerprint density at radius 3 is 2.75 bits per heavy atom. The molecule has 7 heteroatoms. The van der Waals surface area contributed by atoms with Crippen LogP contribution in [-0.2, 0) is 11.2 Å². The number of carbonyl (C=O) groups excluding carboxylic acids is 2. The molecule has 1 aliphatic rings. The second-order valence-corrected chi connectivity index (χ2v) is 9.40. The molecule has 1 aromatic heterocycles. The van der Waals surface area contributed by atoms with Crippen molar-refractivity contribution in [1.29, 1.82) is 0 Å². The fourth-order valence-corrected chi connectivity index (χ4v) is 4.82. The highest BCUT2D eigenvalue weighted by Crippen LogP contribution is 2.34. The Morgan fingerprint density at radius 1 is 1.25 bits per heavy atom. The van der Waals surface area contributed by atoms with Crippen LogP contribution in [0.3, 0.4) is 0 Å². The molecule has 2 unspecified atom stereocenters. The zero-order valence-electron chi connectivity index (χ0n) is 19.4. The molecule has 0 bridgehead atoms. The van der Waals surface area contributed by atoms with Crippen molar-refractivity contribution < 1.29 is 14.3 Å². The molecule has 1 N–H and O–H groups in total. The molecule has 1 aromatic carbocycles. The first-order chi connectivity index (χ1) is 15.5. The fraction of sp³-hybridized carbons (Fsp3) is 0.520. The second kappa shape index (κ2) is 11.9. The third-order valence-corrected chi connectivity index (χ3v) is 6.93. The average Bonchev–Trinajstić information content (AvgIpc) is 3.30. The highest BCUT2D eigenvalue weighted by atomic mass is 32.1. The molecule has 0 saturated carbocycles. The lowest BCUT2D eigenvalue weighted by Gasteiger charge is -2.37. The average molecular weight is 458 g/mol. The van der Waals surface area contributed by atoms with Gasteiger partial charge in [-0.15, -0.1) is 11.3 Å². The molecule has 2 aromatic rings. The van der Waals surface area contributed by atoms with E-state index in [1.807, 2.05) is 42.2 Å². The lowest BCUT2D eigenvalue weighted by Crippen LogP contribution is -2.50. The van der Waals surface area contributed by atoms with Gasteiger partial charge in [-0.1, -0.05) is 45.4 Å². The lowest BCUT2D eigenvalue weighted by atomic mass is 10.00. The Balaban J connectivity index is 1.74. The van der Waals surface area contributed by atoms with Crippen molar-refractivity contribution in [2.75, 3.05) is 32.8 Å². The summed E-state index contributed by atoms with van der Waals surface area (Å²) in [6.45, 7) is 8.54. The van der Waals surface area contributed by atoms with Crippen molar-refractivity contribution >= 4 is 23.3 Å². The third-order valence-electron chi connectivity index (χ3n) is 5.93. The summed E-state index contributed by atoms with van der Waals surface area (Å²) < 4.78 is 6.06. The van der Waals surface area contributed by atoms with E-state index in [9.17, 15) is 9.59 Å². The number of ether oxygens (including phenoxy) is 1. The van der Waals surface area contributed by atoms with Crippen molar-refractivity contribution in [2.45, 2.75) is 46.1 Å². The topological polar surface area (TPSA) is 61.9 Å². The van der Waals surface area contributed by atoms with Crippen LogP contribution in [0.1, 0.15) is 50.1 Å². The summed E-state index contributed by atoms with van der Waals surface area (Å²) in [5.74, 6) is 1.09. The molecule has 2 heterocycles. The van der Waals surface area contributed by atoms with Crippen molar-refractivity contribution in [2.24, 2.45) is 5.92 Å². The Morgan fingerprint density at radius 2 is 2.03 bits per heavy atom. The van der Waals surface area contributed by atoms with Gasteiger partial charge in [0, 0.05) is 24.5 Å². The summed E-state index contributed by atoms with van der Waals surface area (Å²) >= 11 is 1.74. The number of thiophene rings is 1. The van der Waals surface area contributed by atoms with Crippen molar-refractivity contribution in [1.82, 2.24) is 15.1 Å². The van der Waals surface area contributed by atoms with Gasteiger partial charge in [0.1, 0.15) is 18.9 Å². The third kappa shape index (κ3) is 6.25. The number of hydrogen-bond acceptors (Lipinski definition) is 4. The number of hydrogen-bond donors (Lipinski definition) is 1. The minimum Gasteiger partial charge on any atom is -0.491 e. The number of nitrogens with zero attached hydrogens (tertiary/aromatic N) is 2. The minimum atomic E-state index is -0.161. The maximum atomic E-state index is 13.5. The fourth-order valence-electron chi connectivity index (χ4n) is 3.89. The van der Waals surface area contributed by atoms with Gasteiger partial charge in [0.25, 0.3) is 0 Å². The number of para-hydroxylation sites is 1. The number of fused-ring (bicyclic) bond motifs is 1. The normalized spacial score (nSPS) is 16.2. The molecular formula is C25H35N3O3S. The predicted octanol–water partition coefficient (Wildman–Crippen LogP) is 4.72. The number of rotatable bonds is 10. The number of carbonyl (C=O) groups is 2. The molecule has 0 saturated heterocycles. The highest BCUT2D eigenvalue weighted by Gasteiger charge is 2.33. The molecule has 0 fully saturated rings. The maximum absolute atomic E-state index is 13.5. The first kappa shape index (κ1) is 24.1. The van der Waals surface area contributed by atoms with E-state index in [2.05, 4.69) is 30.6 Å². The number of nitrogens with one attached hydrogen (secondary N) is 1. The van der Waals surface area contributed by atoms with Gasteiger partial charge < -0.3 is 19.9 Å². The van der Waals surface area contributed by atoms with Crippen LogP contribution in [-0.4, -0.2) is 54.5 Å². The molecule has 1 aliphatic heterocycles. The van der Waals surface area contributed by atoms with Gasteiger partial charge in [0.05, 0.1) is 6.04 Å².